The van der Waals surface area contributed by atoms with Crippen molar-refractivity contribution in [2.75, 3.05) is 0 Å². The van der Waals surface area contributed by atoms with Gasteiger partial charge in [-0.05, 0) is 49.3 Å². The number of carbonyl (C=O) groups excluding carboxylic acids is 2. The van der Waals surface area contributed by atoms with Crippen LogP contribution in [0, 0.1) is 11.7 Å². The van der Waals surface area contributed by atoms with Crippen LogP contribution < -0.4 is 0 Å². The lowest BCUT2D eigenvalue weighted by atomic mass is 9.76. The summed E-state index contributed by atoms with van der Waals surface area (Å²) in [6.45, 7) is 0. The number of ketones is 1. The van der Waals surface area contributed by atoms with Crippen LogP contribution in [0.1, 0.15) is 60.9 Å². The van der Waals surface area contributed by atoms with Crippen molar-refractivity contribution in [3.05, 3.63) is 35.1 Å². The normalized spacial score (nSPS) is 24.4. The summed E-state index contributed by atoms with van der Waals surface area (Å²) in [4.78, 5) is 34.8. The standard InChI is InChI=1S/C19H21FO5/c20-16-9-12(5-6-15(16)18(23)24)7-8-19(13-3-1-2-4-13)11-14(21)10-17(22)25-19/h5-6,9,13H,1-4,7-8,10-11H2,(H,23,24). The minimum absolute atomic E-state index is 0.101. The van der Waals surface area contributed by atoms with Crippen molar-refractivity contribution in [2.45, 2.75) is 57.0 Å². The van der Waals surface area contributed by atoms with Crippen LogP contribution in [0.5, 0.6) is 0 Å². The Kier molecular flexibility index (Phi) is 4.88. The van der Waals surface area contributed by atoms with Crippen molar-refractivity contribution in [1.82, 2.24) is 0 Å². The van der Waals surface area contributed by atoms with E-state index in [1.807, 2.05) is 0 Å². The number of cyclic esters (lactones) is 1. The summed E-state index contributed by atoms with van der Waals surface area (Å²) in [5.74, 6) is -2.51. The molecule has 1 aromatic carbocycles. The molecular formula is C19H21FO5. The number of carboxylic acid groups (broad SMARTS) is 1. The van der Waals surface area contributed by atoms with Gasteiger partial charge in [0, 0.05) is 6.42 Å². The minimum atomic E-state index is -1.31. The van der Waals surface area contributed by atoms with E-state index in [1.54, 1.807) is 6.07 Å². The second-order valence-electron chi connectivity index (χ2n) is 7.03. The molecule has 2 aliphatic rings. The van der Waals surface area contributed by atoms with Gasteiger partial charge in [-0.1, -0.05) is 18.9 Å². The van der Waals surface area contributed by atoms with Crippen molar-refractivity contribution in [3.63, 3.8) is 0 Å². The average Bonchev–Trinajstić information content (AvgIpc) is 3.07. The molecule has 134 valence electrons. The van der Waals surface area contributed by atoms with Crippen LogP contribution in [0.2, 0.25) is 0 Å². The Morgan fingerprint density at radius 2 is 2.00 bits per heavy atom. The molecular weight excluding hydrogens is 327 g/mol. The van der Waals surface area contributed by atoms with Gasteiger partial charge in [0.2, 0.25) is 0 Å². The van der Waals surface area contributed by atoms with Gasteiger partial charge in [-0.25, -0.2) is 9.18 Å². The van der Waals surface area contributed by atoms with Crippen molar-refractivity contribution >= 4 is 17.7 Å². The van der Waals surface area contributed by atoms with Gasteiger partial charge in [0.15, 0.2) is 0 Å². The van der Waals surface area contributed by atoms with Crippen molar-refractivity contribution in [3.8, 4) is 0 Å². The van der Waals surface area contributed by atoms with Crippen LogP contribution in [-0.4, -0.2) is 28.4 Å². The van der Waals surface area contributed by atoms with Crippen LogP contribution in [-0.2, 0) is 20.7 Å². The predicted molar refractivity (Wildman–Crippen MR) is 86.7 cm³/mol. The van der Waals surface area contributed by atoms with Crippen LogP contribution in [0.4, 0.5) is 4.39 Å². The number of Topliss-reactive ketones (excluding diaryl/α,β-unsaturated/α-hetero) is 1. The highest BCUT2D eigenvalue weighted by molar-refractivity contribution is 5.98. The van der Waals surface area contributed by atoms with Crippen molar-refractivity contribution in [2.24, 2.45) is 5.92 Å². The zero-order valence-corrected chi connectivity index (χ0v) is 13.9. The lowest BCUT2D eigenvalue weighted by Gasteiger charge is -2.41. The number of benzene rings is 1. The van der Waals surface area contributed by atoms with Gasteiger partial charge in [-0.3, -0.25) is 9.59 Å². The third-order valence-electron chi connectivity index (χ3n) is 5.35. The Bertz CT molecular complexity index is 690. The Morgan fingerprint density at radius 1 is 1.28 bits per heavy atom. The summed E-state index contributed by atoms with van der Waals surface area (Å²) < 4.78 is 19.6. The lowest BCUT2D eigenvalue weighted by Crippen LogP contribution is -2.48. The molecule has 1 aliphatic carbocycles. The third-order valence-corrected chi connectivity index (χ3v) is 5.35. The van der Waals surface area contributed by atoms with E-state index in [2.05, 4.69) is 0 Å². The Morgan fingerprint density at radius 3 is 2.60 bits per heavy atom. The molecule has 6 heteroatoms. The largest absolute Gasteiger partial charge is 0.478 e. The summed E-state index contributed by atoms with van der Waals surface area (Å²) in [6, 6.07) is 4.02. The van der Waals surface area contributed by atoms with E-state index in [1.165, 1.54) is 12.1 Å². The maximum atomic E-state index is 13.9. The first-order valence-electron chi connectivity index (χ1n) is 8.65. The van der Waals surface area contributed by atoms with Crippen LogP contribution >= 0.6 is 0 Å². The fraction of sp³-hybridized carbons (Fsp3) is 0.526. The molecule has 0 aromatic heterocycles. The molecule has 2 fully saturated rings. The topological polar surface area (TPSA) is 80.7 Å². The molecule has 1 aliphatic heterocycles. The van der Waals surface area contributed by atoms with E-state index < -0.39 is 23.4 Å². The Balaban J connectivity index is 1.79. The first kappa shape index (κ1) is 17.6. The number of aryl methyl sites for hydroxylation is 1. The molecule has 0 bridgehead atoms. The van der Waals surface area contributed by atoms with E-state index >= 15 is 0 Å². The predicted octanol–water partition coefficient (Wildman–Crippen LogP) is 3.29. The van der Waals surface area contributed by atoms with E-state index in [0.717, 1.165) is 25.7 Å². The SMILES string of the molecule is O=C1CC(=O)OC(CCc2ccc(C(=O)O)c(F)c2)(C2CCCC2)C1. The van der Waals surface area contributed by atoms with Crippen LogP contribution in [0.25, 0.3) is 0 Å². The number of hydrogen-bond acceptors (Lipinski definition) is 4. The first-order chi connectivity index (χ1) is 11.9. The zero-order valence-electron chi connectivity index (χ0n) is 13.9. The van der Waals surface area contributed by atoms with Crippen LogP contribution in [0.15, 0.2) is 18.2 Å². The van der Waals surface area contributed by atoms with Crippen molar-refractivity contribution in [1.29, 1.82) is 0 Å². The number of carboxylic acids is 1. The molecule has 1 atom stereocenters. The number of rotatable bonds is 5. The van der Waals surface area contributed by atoms with Gasteiger partial charge in [0.05, 0.1) is 5.56 Å². The van der Waals surface area contributed by atoms with Gasteiger partial charge in [-0.15, -0.1) is 0 Å². The molecule has 25 heavy (non-hydrogen) atoms. The van der Waals surface area contributed by atoms with Gasteiger partial charge in [-0.2, -0.15) is 0 Å². The third kappa shape index (κ3) is 3.72. The quantitative estimate of drug-likeness (QED) is 0.652. The molecule has 1 N–H and O–H groups in total. The lowest BCUT2D eigenvalue weighted by molar-refractivity contribution is -0.178. The fourth-order valence-corrected chi connectivity index (χ4v) is 4.12. The molecule has 3 rings (SSSR count). The molecule has 1 heterocycles. The summed E-state index contributed by atoms with van der Waals surface area (Å²) in [7, 11) is 0. The summed E-state index contributed by atoms with van der Waals surface area (Å²) in [5.41, 5.74) is -0.535. The Hall–Kier alpha value is -2.24. The average molecular weight is 348 g/mol. The monoisotopic (exact) mass is 348 g/mol. The van der Waals surface area contributed by atoms with Gasteiger partial charge < -0.3 is 9.84 Å². The Labute approximate surface area is 145 Å². The summed E-state index contributed by atoms with van der Waals surface area (Å²) in [6.07, 6.45) is 4.88. The summed E-state index contributed by atoms with van der Waals surface area (Å²) in [5, 5.41) is 8.90. The number of hydrogen-bond donors (Lipinski definition) is 1. The second kappa shape index (κ2) is 6.94. The highest BCUT2D eigenvalue weighted by Gasteiger charge is 2.47. The second-order valence-corrected chi connectivity index (χ2v) is 7.03. The van der Waals surface area contributed by atoms with Gasteiger partial charge >= 0.3 is 11.9 Å². The van der Waals surface area contributed by atoms with E-state index in [4.69, 9.17) is 9.84 Å². The number of halogens is 1. The number of aromatic carboxylic acids is 1. The van der Waals surface area contributed by atoms with E-state index in [0.29, 0.717) is 18.4 Å². The molecule has 1 saturated heterocycles. The van der Waals surface area contributed by atoms with Gasteiger partial charge in [0.25, 0.3) is 0 Å². The molecule has 0 radical (unpaired) electrons. The maximum Gasteiger partial charge on any atom is 0.338 e. The van der Waals surface area contributed by atoms with Gasteiger partial charge in [0.1, 0.15) is 23.6 Å². The van der Waals surface area contributed by atoms with Crippen molar-refractivity contribution < 1.29 is 28.6 Å². The zero-order chi connectivity index (χ0) is 18.0. The van der Waals surface area contributed by atoms with E-state index in [9.17, 15) is 18.8 Å². The first-order valence-corrected chi connectivity index (χ1v) is 8.65. The molecule has 1 saturated carbocycles. The smallest absolute Gasteiger partial charge is 0.338 e. The molecule has 0 amide bonds. The van der Waals surface area contributed by atoms with Crippen LogP contribution in [0.3, 0.4) is 0 Å². The highest BCUT2D eigenvalue weighted by atomic mass is 19.1. The number of esters is 1. The summed E-state index contributed by atoms with van der Waals surface area (Å²) >= 11 is 0. The maximum absolute atomic E-state index is 13.9. The fourth-order valence-electron chi connectivity index (χ4n) is 4.12. The molecule has 0 spiro atoms. The molecule has 1 aromatic rings. The van der Waals surface area contributed by atoms with E-state index in [-0.39, 0.29) is 30.1 Å². The highest BCUT2D eigenvalue weighted by Crippen LogP contribution is 2.43. The molecule has 5 nitrogen and oxygen atoms in total. The number of ether oxygens (including phenoxy) is 1. The molecule has 1 unspecified atom stereocenters. The minimum Gasteiger partial charge on any atom is -0.478 e. The number of carbonyl (C=O) groups is 3.